The summed E-state index contributed by atoms with van der Waals surface area (Å²) >= 11 is 0. The number of sulfonamides is 1. The molecule has 2 unspecified atom stereocenters. The summed E-state index contributed by atoms with van der Waals surface area (Å²) in [6, 6.07) is 4.25. The fraction of sp³-hybridized carbons (Fsp3) is 0.500. The third kappa shape index (κ3) is 3.97. The van der Waals surface area contributed by atoms with E-state index in [4.69, 9.17) is 5.73 Å². The van der Waals surface area contributed by atoms with Crippen LogP contribution in [0.3, 0.4) is 0 Å². The number of hydrogen-bond donors (Lipinski definition) is 3. The molecule has 1 aromatic rings. The van der Waals surface area contributed by atoms with E-state index in [1.54, 1.807) is 26.8 Å². The van der Waals surface area contributed by atoms with Crippen molar-refractivity contribution in [1.29, 1.82) is 0 Å². The standard InChI is InChI=1S/C12H20N2O3S/c1-8-6-11(4-5-12(8)13)18(16,17)14-9(2)7-10(3)15/h4-6,9-10,14-15H,7,13H2,1-3H3. The van der Waals surface area contributed by atoms with Crippen LogP contribution in [0, 0.1) is 6.92 Å². The van der Waals surface area contributed by atoms with E-state index in [1.807, 2.05) is 0 Å². The van der Waals surface area contributed by atoms with E-state index in [0.29, 0.717) is 12.1 Å². The molecule has 6 heteroatoms. The quantitative estimate of drug-likeness (QED) is 0.698. The smallest absolute Gasteiger partial charge is 0.240 e. The van der Waals surface area contributed by atoms with Crippen molar-refractivity contribution in [2.24, 2.45) is 0 Å². The predicted molar refractivity (Wildman–Crippen MR) is 71.7 cm³/mol. The molecule has 1 rings (SSSR count). The molecule has 0 fully saturated rings. The monoisotopic (exact) mass is 272 g/mol. The van der Waals surface area contributed by atoms with Gasteiger partial charge in [0.25, 0.3) is 0 Å². The number of anilines is 1. The molecule has 0 aliphatic carbocycles. The van der Waals surface area contributed by atoms with Crippen molar-refractivity contribution in [1.82, 2.24) is 4.72 Å². The van der Waals surface area contributed by atoms with Crippen LogP contribution in [0.1, 0.15) is 25.8 Å². The van der Waals surface area contributed by atoms with Gasteiger partial charge >= 0.3 is 0 Å². The van der Waals surface area contributed by atoms with E-state index < -0.39 is 16.1 Å². The van der Waals surface area contributed by atoms with E-state index >= 15 is 0 Å². The topological polar surface area (TPSA) is 92.4 Å². The van der Waals surface area contributed by atoms with Gasteiger partial charge < -0.3 is 10.8 Å². The third-order valence-corrected chi connectivity index (χ3v) is 4.19. The zero-order valence-electron chi connectivity index (χ0n) is 10.8. The Hall–Kier alpha value is -1.11. The van der Waals surface area contributed by atoms with Gasteiger partial charge in [0.05, 0.1) is 11.0 Å². The molecular formula is C12H20N2O3S. The van der Waals surface area contributed by atoms with Crippen LogP contribution in [-0.2, 0) is 10.0 Å². The average Bonchev–Trinajstić information content (AvgIpc) is 2.19. The van der Waals surface area contributed by atoms with Gasteiger partial charge in [-0.3, -0.25) is 0 Å². The Morgan fingerprint density at radius 2 is 2.00 bits per heavy atom. The zero-order valence-corrected chi connectivity index (χ0v) is 11.7. The van der Waals surface area contributed by atoms with Crippen molar-refractivity contribution in [3.63, 3.8) is 0 Å². The highest BCUT2D eigenvalue weighted by atomic mass is 32.2. The highest BCUT2D eigenvalue weighted by Gasteiger charge is 2.18. The second-order valence-corrected chi connectivity index (χ2v) is 6.34. The van der Waals surface area contributed by atoms with Crippen molar-refractivity contribution in [3.8, 4) is 0 Å². The molecule has 0 radical (unpaired) electrons. The van der Waals surface area contributed by atoms with Crippen LogP contribution < -0.4 is 10.5 Å². The molecule has 0 heterocycles. The minimum atomic E-state index is -3.56. The fourth-order valence-corrected chi connectivity index (χ4v) is 3.05. The van der Waals surface area contributed by atoms with Gasteiger partial charge in [-0.15, -0.1) is 0 Å². The summed E-state index contributed by atoms with van der Waals surface area (Å²) in [5, 5.41) is 9.22. The molecule has 0 aromatic heterocycles. The summed E-state index contributed by atoms with van der Waals surface area (Å²) in [4.78, 5) is 0.187. The van der Waals surface area contributed by atoms with Gasteiger partial charge in [0.2, 0.25) is 10.0 Å². The van der Waals surface area contributed by atoms with Crippen LogP contribution in [0.5, 0.6) is 0 Å². The lowest BCUT2D eigenvalue weighted by Gasteiger charge is -2.16. The average molecular weight is 272 g/mol. The first-order valence-corrected chi connectivity index (χ1v) is 7.27. The van der Waals surface area contributed by atoms with Crippen LogP contribution >= 0.6 is 0 Å². The van der Waals surface area contributed by atoms with Crippen LogP contribution in [0.25, 0.3) is 0 Å². The number of aryl methyl sites for hydroxylation is 1. The van der Waals surface area contributed by atoms with Crippen molar-refractivity contribution in [3.05, 3.63) is 23.8 Å². The van der Waals surface area contributed by atoms with Gasteiger partial charge in [0.1, 0.15) is 0 Å². The van der Waals surface area contributed by atoms with Gasteiger partial charge in [-0.05, 0) is 51.0 Å². The zero-order chi connectivity index (χ0) is 13.9. The van der Waals surface area contributed by atoms with Gasteiger partial charge in [-0.2, -0.15) is 0 Å². The van der Waals surface area contributed by atoms with Crippen LogP contribution in [0.2, 0.25) is 0 Å². The predicted octanol–water partition coefficient (Wildman–Crippen LogP) is 1.01. The Balaban J connectivity index is 2.89. The minimum Gasteiger partial charge on any atom is -0.399 e. The van der Waals surface area contributed by atoms with Gasteiger partial charge in [0.15, 0.2) is 0 Å². The van der Waals surface area contributed by atoms with Crippen LogP contribution in [-0.4, -0.2) is 25.7 Å². The van der Waals surface area contributed by atoms with E-state index in [9.17, 15) is 13.5 Å². The number of benzene rings is 1. The van der Waals surface area contributed by atoms with Crippen LogP contribution in [0.15, 0.2) is 23.1 Å². The molecule has 0 amide bonds. The summed E-state index contributed by atoms with van der Waals surface area (Å²) in [5.74, 6) is 0. The van der Waals surface area contributed by atoms with Crippen molar-refractivity contribution >= 4 is 15.7 Å². The Morgan fingerprint density at radius 3 is 2.50 bits per heavy atom. The van der Waals surface area contributed by atoms with Crippen molar-refractivity contribution < 1.29 is 13.5 Å². The Labute approximate surface area is 108 Å². The summed E-state index contributed by atoms with van der Waals surface area (Å²) in [5.41, 5.74) is 6.94. The molecule has 18 heavy (non-hydrogen) atoms. The third-order valence-electron chi connectivity index (χ3n) is 2.60. The van der Waals surface area contributed by atoms with Gasteiger partial charge in [-0.1, -0.05) is 0 Å². The highest BCUT2D eigenvalue weighted by molar-refractivity contribution is 7.89. The molecule has 0 saturated carbocycles. The largest absolute Gasteiger partial charge is 0.399 e. The maximum atomic E-state index is 12.1. The molecule has 4 N–H and O–H groups in total. The van der Waals surface area contributed by atoms with E-state index in [1.165, 1.54) is 12.1 Å². The SMILES string of the molecule is Cc1cc(S(=O)(=O)NC(C)CC(C)O)ccc1N. The van der Waals surface area contributed by atoms with Crippen molar-refractivity contribution in [2.45, 2.75) is 44.2 Å². The van der Waals surface area contributed by atoms with E-state index in [2.05, 4.69) is 4.72 Å². The van der Waals surface area contributed by atoms with E-state index in [0.717, 1.165) is 5.56 Å². The molecule has 102 valence electrons. The first kappa shape index (κ1) is 14.9. The number of aliphatic hydroxyl groups is 1. The Morgan fingerprint density at radius 1 is 1.39 bits per heavy atom. The van der Waals surface area contributed by atoms with E-state index in [-0.39, 0.29) is 10.9 Å². The normalized spacial score (nSPS) is 15.3. The molecule has 5 nitrogen and oxygen atoms in total. The number of nitrogens with one attached hydrogen (secondary N) is 1. The van der Waals surface area contributed by atoms with Crippen molar-refractivity contribution in [2.75, 3.05) is 5.73 Å². The molecule has 0 aliphatic heterocycles. The first-order valence-electron chi connectivity index (χ1n) is 5.79. The van der Waals surface area contributed by atoms with Crippen LogP contribution in [0.4, 0.5) is 5.69 Å². The second-order valence-electron chi connectivity index (χ2n) is 4.63. The lowest BCUT2D eigenvalue weighted by molar-refractivity contribution is 0.175. The summed E-state index contributed by atoms with van der Waals surface area (Å²) in [6.07, 6.45) is -0.177. The number of aliphatic hydroxyl groups excluding tert-OH is 1. The fourth-order valence-electron chi connectivity index (χ4n) is 1.71. The van der Waals surface area contributed by atoms with Gasteiger partial charge in [-0.25, -0.2) is 13.1 Å². The summed E-state index contributed by atoms with van der Waals surface area (Å²) < 4.78 is 26.6. The number of hydrogen-bond acceptors (Lipinski definition) is 4. The summed E-state index contributed by atoms with van der Waals surface area (Å²) in [7, 11) is -3.56. The summed E-state index contributed by atoms with van der Waals surface area (Å²) in [6.45, 7) is 5.10. The lowest BCUT2D eigenvalue weighted by Crippen LogP contribution is -2.34. The minimum absolute atomic E-state index is 0.187. The lowest BCUT2D eigenvalue weighted by atomic mass is 10.2. The number of nitrogens with two attached hydrogens (primary N) is 1. The molecule has 0 aliphatic rings. The second kappa shape index (κ2) is 5.69. The molecular weight excluding hydrogens is 252 g/mol. The maximum Gasteiger partial charge on any atom is 0.240 e. The highest BCUT2D eigenvalue weighted by Crippen LogP contribution is 2.17. The molecule has 0 saturated heterocycles. The molecule has 0 bridgehead atoms. The Bertz CT molecular complexity index is 512. The molecule has 1 aromatic carbocycles. The number of nitrogen functional groups attached to an aromatic ring is 1. The Kier molecular flexibility index (Phi) is 4.72. The first-order chi connectivity index (χ1) is 8.22. The molecule has 0 spiro atoms. The maximum absolute atomic E-state index is 12.1. The molecule has 2 atom stereocenters. The van der Waals surface area contributed by atoms with Gasteiger partial charge in [0, 0.05) is 11.7 Å². The number of rotatable bonds is 5.